The Labute approximate surface area is 179 Å². The van der Waals surface area contributed by atoms with Gasteiger partial charge in [-0.3, -0.25) is 14.6 Å². The van der Waals surface area contributed by atoms with Gasteiger partial charge in [-0.2, -0.15) is 0 Å². The molecule has 1 saturated carbocycles. The van der Waals surface area contributed by atoms with Crippen molar-refractivity contribution in [1.82, 2.24) is 15.1 Å². The normalized spacial score (nSPS) is 30.7. The lowest BCUT2D eigenvalue weighted by Crippen LogP contribution is -2.74. The molecule has 2 atom stereocenters. The molecule has 6 nitrogen and oxygen atoms in total. The van der Waals surface area contributed by atoms with Crippen LogP contribution >= 0.6 is 0 Å². The summed E-state index contributed by atoms with van der Waals surface area (Å²) in [5.41, 5.74) is 1.29. The van der Waals surface area contributed by atoms with E-state index in [2.05, 4.69) is 45.4 Å². The van der Waals surface area contributed by atoms with E-state index in [1.165, 1.54) is 12.0 Å². The minimum atomic E-state index is -0.662. The largest absolute Gasteiger partial charge is 0.481 e. The third kappa shape index (κ3) is 4.28. The first-order chi connectivity index (χ1) is 14.6. The van der Waals surface area contributed by atoms with Gasteiger partial charge in [0, 0.05) is 63.4 Å². The van der Waals surface area contributed by atoms with Gasteiger partial charge in [0.1, 0.15) is 0 Å². The summed E-state index contributed by atoms with van der Waals surface area (Å²) in [4.78, 5) is 16.6. The third-order valence-corrected chi connectivity index (χ3v) is 7.82. The van der Waals surface area contributed by atoms with E-state index in [1.54, 1.807) is 0 Å². The predicted molar refractivity (Wildman–Crippen MR) is 116 cm³/mol. The SMILES string of the molecule is O=C(O)CC1(N2CCC(N[C@@H]3C[C@H]3c3ccccc3)CC2)CN(C2CCOCC2)C1. The number of likely N-dealkylation sites (tertiary alicyclic amines) is 2. The molecule has 5 rings (SSSR count). The van der Waals surface area contributed by atoms with E-state index < -0.39 is 5.97 Å². The van der Waals surface area contributed by atoms with Crippen LogP contribution in [0.3, 0.4) is 0 Å². The second-order valence-electron chi connectivity index (χ2n) is 9.83. The van der Waals surface area contributed by atoms with Crippen LogP contribution in [0.4, 0.5) is 0 Å². The average molecular weight is 414 g/mol. The zero-order valence-electron chi connectivity index (χ0n) is 17.8. The molecule has 3 heterocycles. The van der Waals surface area contributed by atoms with Crippen molar-refractivity contribution in [3.05, 3.63) is 35.9 Å². The summed E-state index contributed by atoms with van der Waals surface area (Å²) in [6, 6.07) is 12.6. The highest BCUT2D eigenvalue weighted by Crippen LogP contribution is 2.42. The zero-order valence-corrected chi connectivity index (χ0v) is 17.8. The van der Waals surface area contributed by atoms with E-state index in [0.29, 0.717) is 24.0 Å². The standard InChI is InChI=1S/C24H35N3O3/c28-23(29)15-24(16-26(17-24)20-8-12-30-13-9-20)27-10-6-19(7-11-27)25-22-14-21(22)18-4-2-1-3-5-18/h1-5,19-22,25H,6-17H2,(H,28,29)/t21-,22+/m0/s1. The number of nitrogens with one attached hydrogen (secondary N) is 1. The third-order valence-electron chi connectivity index (χ3n) is 7.82. The molecule has 1 aromatic carbocycles. The molecular weight excluding hydrogens is 378 g/mol. The number of rotatable bonds is 7. The molecule has 0 amide bonds. The lowest BCUT2D eigenvalue weighted by Gasteiger charge is -2.59. The summed E-state index contributed by atoms with van der Waals surface area (Å²) in [5, 5.41) is 13.5. The second-order valence-corrected chi connectivity index (χ2v) is 9.83. The number of piperidine rings is 1. The summed E-state index contributed by atoms with van der Waals surface area (Å²) in [6.07, 6.45) is 5.92. The van der Waals surface area contributed by atoms with Crippen molar-refractivity contribution in [2.24, 2.45) is 0 Å². The molecule has 3 saturated heterocycles. The highest BCUT2D eigenvalue weighted by atomic mass is 16.5. The van der Waals surface area contributed by atoms with Crippen LogP contribution in [0, 0.1) is 0 Å². The van der Waals surface area contributed by atoms with Gasteiger partial charge in [0.15, 0.2) is 0 Å². The number of nitrogens with zero attached hydrogens (tertiary/aromatic N) is 2. The zero-order chi connectivity index (χ0) is 20.6. The molecule has 164 valence electrons. The molecular formula is C24H35N3O3. The smallest absolute Gasteiger partial charge is 0.305 e. The fraction of sp³-hybridized carbons (Fsp3) is 0.708. The van der Waals surface area contributed by atoms with Crippen molar-refractivity contribution in [2.45, 2.75) is 68.1 Å². The van der Waals surface area contributed by atoms with E-state index in [4.69, 9.17) is 4.74 Å². The van der Waals surface area contributed by atoms with Crippen molar-refractivity contribution in [1.29, 1.82) is 0 Å². The first-order valence-electron chi connectivity index (χ1n) is 11.7. The minimum Gasteiger partial charge on any atom is -0.481 e. The Morgan fingerprint density at radius 3 is 2.47 bits per heavy atom. The van der Waals surface area contributed by atoms with Gasteiger partial charge in [-0.25, -0.2) is 0 Å². The van der Waals surface area contributed by atoms with Crippen LogP contribution in [-0.2, 0) is 9.53 Å². The van der Waals surface area contributed by atoms with Gasteiger partial charge in [-0.15, -0.1) is 0 Å². The maximum atomic E-state index is 11.6. The van der Waals surface area contributed by atoms with Crippen LogP contribution in [0.15, 0.2) is 30.3 Å². The molecule has 1 aliphatic carbocycles. The molecule has 0 bridgehead atoms. The molecule has 2 N–H and O–H groups in total. The van der Waals surface area contributed by atoms with Crippen molar-refractivity contribution < 1.29 is 14.6 Å². The number of hydrogen-bond donors (Lipinski definition) is 2. The number of hydrogen-bond acceptors (Lipinski definition) is 5. The van der Waals surface area contributed by atoms with E-state index in [0.717, 1.165) is 65.1 Å². The van der Waals surface area contributed by atoms with E-state index in [9.17, 15) is 9.90 Å². The molecule has 4 fully saturated rings. The average Bonchev–Trinajstić information content (AvgIpc) is 3.51. The highest BCUT2D eigenvalue weighted by molar-refractivity contribution is 5.69. The fourth-order valence-corrected chi connectivity index (χ4v) is 5.99. The summed E-state index contributed by atoms with van der Waals surface area (Å²) >= 11 is 0. The minimum absolute atomic E-state index is 0.165. The molecule has 30 heavy (non-hydrogen) atoms. The summed E-state index contributed by atoms with van der Waals surface area (Å²) in [6.45, 7) is 5.51. The number of aliphatic carboxylic acids is 1. The van der Waals surface area contributed by atoms with Gasteiger partial charge in [-0.05, 0) is 37.7 Å². The van der Waals surface area contributed by atoms with E-state index in [-0.39, 0.29) is 12.0 Å². The van der Waals surface area contributed by atoms with Crippen molar-refractivity contribution in [3.63, 3.8) is 0 Å². The summed E-state index contributed by atoms with van der Waals surface area (Å²) < 4.78 is 5.50. The monoisotopic (exact) mass is 413 g/mol. The fourth-order valence-electron chi connectivity index (χ4n) is 5.99. The number of carboxylic acid groups (broad SMARTS) is 1. The Bertz CT molecular complexity index is 722. The number of benzene rings is 1. The molecule has 3 aliphatic heterocycles. The van der Waals surface area contributed by atoms with Crippen LogP contribution in [0.5, 0.6) is 0 Å². The number of ether oxygens (including phenoxy) is 1. The van der Waals surface area contributed by atoms with Gasteiger partial charge in [0.25, 0.3) is 0 Å². The summed E-state index contributed by atoms with van der Waals surface area (Å²) in [5.74, 6) is 0.00723. The molecule has 0 radical (unpaired) electrons. The first-order valence-corrected chi connectivity index (χ1v) is 11.7. The molecule has 4 aliphatic rings. The van der Waals surface area contributed by atoms with Gasteiger partial charge < -0.3 is 15.2 Å². The quantitative estimate of drug-likeness (QED) is 0.715. The van der Waals surface area contributed by atoms with Crippen LogP contribution < -0.4 is 5.32 Å². The molecule has 6 heteroatoms. The molecule has 0 aromatic heterocycles. The van der Waals surface area contributed by atoms with Crippen molar-refractivity contribution in [2.75, 3.05) is 39.4 Å². The lowest BCUT2D eigenvalue weighted by atomic mass is 9.80. The number of carbonyl (C=O) groups is 1. The second kappa shape index (κ2) is 8.58. The van der Waals surface area contributed by atoms with Crippen molar-refractivity contribution >= 4 is 5.97 Å². The highest BCUT2D eigenvalue weighted by Gasteiger charge is 2.51. The van der Waals surface area contributed by atoms with E-state index in [1.807, 2.05) is 0 Å². The van der Waals surface area contributed by atoms with Gasteiger partial charge in [-0.1, -0.05) is 30.3 Å². The van der Waals surface area contributed by atoms with Gasteiger partial charge in [0.2, 0.25) is 0 Å². The maximum absolute atomic E-state index is 11.6. The van der Waals surface area contributed by atoms with Gasteiger partial charge >= 0.3 is 5.97 Å². The van der Waals surface area contributed by atoms with Crippen LogP contribution in [0.2, 0.25) is 0 Å². The van der Waals surface area contributed by atoms with Crippen LogP contribution in [0.1, 0.15) is 50.0 Å². The molecule has 1 aromatic rings. The maximum Gasteiger partial charge on any atom is 0.305 e. The predicted octanol–water partition coefficient (Wildman–Crippen LogP) is 2.30. The number of carboxylic acids is 1. The van der Waals surface area contributed by atoms with Crippen LogP contribution in [0.25, 0.3) is 0 Å². The molecule has 0 unspecified atom stereocenters. The Balaban J connectivity index is 1.12. The Morgan fingerprint density at radius 2 is 1.80 bits per heavy atom. The lowest BCUT2D eigenvalue weighted by molar-refractivity contribution is -0.151. The molecule has 0 spiro atoms. The first kappa shape index (κ1) is 20.4. The Kier molecular flexibility index (Phi) is 5.84. The van der Waals surface area contributed by atoms with Crippen LogP contribution in [-0.4, -0.2) is 83.9 Å². The van der Waals surface area contributed by atoms with E-state index >= 15 is 0 Å². The summed E-state index contributed by atoms with van der Waals surface area (Å²) in [7, 11) is 0. The Hall–Kier alpha value is -1.47. The Morgan fingerprint density at radius 1 is 1.10 bits per heavy atom. The van der Waals surface area contributed by atoms with Crippen molar-refractivity contribution in [3.8, 4) is 0 Å². The van der Waals surface area contributed by atoms with Gasteiger partial charge in [0.05, 0.1) is 12.0 Å². The topological polar surface area (TPSA) is 65.0 Å².